The summed E-state index contributed by atoms with van der Waals surface area (Å²) in [6, 6.07) is 7.59. The van der Waals surface area contributed by atoms with Crippen molar-refractivity contribution in [2.45, 2.75) is 37.8 Å². The fraction of sp³-hybridized carbons (Fsp3) is 0.381. The van der Waals surface area contributed by atoms with Gasteiger partial charge in [-0.2, -0.15) is 13.2 Å². The van der Waals surface area contributed by atoms with Crippen molar-refractivity contribution in [3.63, 3.8) is 0 Å². The van der Waals surface area contributed by atoms with Crippen LogP contribution in [0, 0.1) is 0 Å². The molecule has 8 heteroatoms. The summed E-state index contributed by atoms with van der Waals surface area (Å²) >= 11 is 1.05. The molecule has 152 valence electrons. The van der Waals surface area contributed by atoms with Gasteiger partial charge in [-0.3, -0.25) is 4.98 Å². The topological polar surface area (TPSA) is 41.9 Å². The third kappa shape index (κ3) is 4.58. The molecule has 1 aliphatic rings. The van der Waals surface area contributed by atoms with E-state index < -0.39 is 11.9 Å². The van der Waals surface area contributed by atoms with Gasteiger partial charge in [-0.15, -0.1) is 11.3 Å². The molecule has 3 aromatic rings. The van der Waals surface area contributed by atoms with E-state index in [1.165, 1.54) is 6.42 Å². The predicted octanol–water partition coefficient (Wildman–Crippen LogP) is 5.32. The summed E-state index contributed by atoms with van der Waals surface area (Å²) in [6.07, 6.45) is 4.70. The Morgan fingerprint density at radius 1 is 1.07 bits per heavy atom. The summed E-state index contributed by atoms with van der Waals surface area (Å²) in [5.41, 5.74) is 1.03. The van der Waals surface area contributed by atoms with Crippen LogP contribution in [-0.4, -0.2) is 28.0 Å². The monoisotopic (exact) mass is 418 g/mol. The van der Waals surface area contributed by atoms with Crippen LogP contribution in [0.15, 0.2) is 48.2 Å². The normalized spacial score (nSPS) is 16.0. The van der Waals surface area contributed by atoms with Crippen molar-refractivity contribution in [2.24, 2.45) is 0 Å². The zero-order chi connectivity index (χ0) is 20.3. The number of piperidine rings is 1. The fourth-order valence-electron chi connectivity index (χ4n) is 3.71. The number of hydrogen-bond donors (Lipinski definition) is 0. The van der Waals surface area contributed by atoms with E-state index >= 15 is 0 Å². The zero-order valence-corrected chi connectivity index (χ0v) is 16.6. The standard InChI is InChI=1S/C21H21F3N4S/c22-21(23,24)18-14-29-20(27-18)17(16-7-4-8-25-13-16)12-15-6-5-9-26-19(15)28-10-2-1-3-11-28/h4-9,13-14,17H,1-3,10-12H2. The zero-order valence-electron chi connectivity index (χ0n) is 15.8. The van der Waals surface area contributed by atoms with Crippen molar-refractivity contribution in [1.82, 2.24) is 15.0 Å². The van der Waals surface area contributed by atoms with Gasteiger partial charge in [-0.05, 0) is 48.9 Å². The van der Waals surface area contributed by atoms with Crippen LogP contribution in [0.1, 0.15) is 47.0 Å². The maximum atomic E-state index is 13.1. The summed E-state index contributed by atoms with van der Waals surface area (Å²) in [4.78, 5) is 15.0. The van der Waals surface area contributed by atoms with Crippen LogP contribution in [0.2, 0.25) is 0 Å². The smallest absolute Gasteiger partial charge is 0.356 e. The van der Waals surface area contributed by atoms with Crippen LogP contribution in [-0.2, 0) is 12.6 Å². The van der Waals surface area contributed by atoms with Crippen LogP contribution in [0.3, 0.4) is 0 Å². The van der Waals surface area contributed by atoms with Gasteiger partial charge in [0.15, 0.2) is 5.69 Å². The first-order chi connectivity index (χ1) is 14.0. The predicted molar refractivity (Wildman–Crippen MR) is 107 cm³/mol. The van der Waals surface area contributed by atoms with E-state index in [4.69, 9.17) is 0 Å². The Kier molecular flexibility index (Phi) is 5.80. The summed E-state index contributed by atoms with van der Waals surface area (Å²) in [5.74, 6) is 0.617. The molecule has 4 heterocycles. The van der Waals surface area contributed by atoms with E-state index in [0.717, 1.165) is 59.6 Å². The lowest BCUT2D eigenvalue weighted by atomic mass is 9.93. The third-order valence-corrected chi connectivity index (χ3v) is 6.10. The molecule has 0 bridgehead atoms. The van der Waals surface area contributed by atoms with Gasteiger partial charge in [0.2, 0.25) is 0 Å². The van der Waals surface area contributed by atoms with Crippen molar-refractivity contribution in [3.05, 3.63) is 70.1 Å². The first kappa shape index (κ1) is 19.8. The minimum Gasteiger partial charge on any atom is -0.356 e. The molecule has 0 N–H and O–H groups in total. The molecule has 0 amide bonds. The Morgan fingerprint density at radius 3 is 2.55 bits per heavy atom. The van der Waals surface area contributed by atoms with E-state index in [1.54, 1.807) is 24.7 Å². The van der Waals surface area contributed by atoms with E-state index in [1.807, 2.05) is 18.2 Å². The summed E-state index contributed by atoms with van der Waals surface area (Å²) in [5, 5.41) is 1.53. The average Bonchev–Trinajstić information content (AvgIpc) is 3.24. The fourth-order valence-corrected chi connectivity index (χ4v) is 4.66. The number of hydrogen-bond acceptors (Lipinski definition) is 5. The Morgan fingerprint density at radius 2 is 1.86 bits per heavy atom. The molecule has 0 spiro atoms. The molecule has 1 aliphatic heterocycles. The van der Waals surface area contributed by atoms with Crippen molar-refractivity contribution < 1.29 is 13.2 Å². The van der Waals surface area contributed by atoms with E-state index in [9.17, 15) is 13.2 Å². The van der Waals surface area contributed by atoms with E-state index in [2.05, 4.69) is 19.9 Å². The number of halogens is 3. The van der Waals surface area contributed by atoms with Crippen molar-refractivity contribution >= 4 is 17.2 Å². The SMILES string of the molecule is FC(F)(F)c1csc(C(Cc2cccnc2N2CCCCC2)c2cccnc2)n1. The van der Waals surface area contributed by atoms with Crippen LogP contribution < -0.4 is 4.90 Å². The highest BCUT2D eigenvalue weighted by molar-refractivity contribution is 7.09. The molecule has 3 aromatic heterocycles. The second kappa shape index (κ2) is 8.49. The molecule has 1 atom stereocenters. The third-order valence-electron chi connectivity index (χ3n) is 5.14. The maximum absolute atomic E-state index is 13.1. The van der Waals surface area contributed by atoms with Gasteiger partial charge in [-0.1, -0.05) is 12.1 Å². The average molecular weight is 418 g/mol. The summed E-state index contributed by atoms with van der Waals surface area (Å²) in [7, 11) is 0. The molecule has 1 saturated heterocycles. The van der Waals surface area contributed by atoms with Crippen molar-refractivity contribution in [1.29, 1.82) is 0 Å². The summed E-state index contributed by atoms with van der Waals surface area (Å²) < 4.78 is 39.3. The highest BCUT2D eigenvalue weighted by Crippen LogP contribution is 2.37. The van der Waals surface area contributed by atoms with Gasteiger partial charge in [0.1, 0.15) is 10.8 Å². The van der Waals surface area contributed by atoms with Gasteiger partial charge in [0.05, 0.1) is 0 Å². The molecule has 0 aromatic carbocycles. The number of anilines is 1. The number of aromatic nitrogens is 3. The second-order valence-corrected chi connectivity index (χ2v) is 8.04. The maximum Gasteiger partial charge on any atom is 0.434 e. The molecule has 0 saturated carbocycles. The Bertz CT molecular complexity index is 936. The first-order valence-electron chi connectivity index (χ1n) is 9.64. The molecule has 0 radical (unpaired) electrons. The molecular formula is C21H21F3N4S. The van der Waals surface area contributed by atoms with Gasteiger partial charge in [0, 0.05) is 43.0 Å². The summed E-state index contributed by atoms with van der Waals surface area (Å²) in [6.45, 7) is 1.91. The van der Waals surface area contributed by atoms with Crippen molar-refractivity contribution in [3.8, 4) is 0 Å². The Hall–Kier alpha value is -2.48. The molecule has 4 nitrogen and oxygen atoms in total. The lowest BCUT2D eigenvalue weighted by Crippen LogP contribution is -2.31. The van der Waals surface area contributed by atoms with Gasteiger partial charge < -0.3 is 4.90 Å². The quantitative estimate of drug-likeness (QED) is 0.563. The molecule has 1 fully saturated rings. The minimum atomic E-state index is -4.44. The number of nitrogens with zero attached hydrogens (tertiary/aromatic N) is 4. The number of alkyl halides is 3. The molecule has 4 rings (SSSR count). The largest absolute Gasteiger partial charge is 0.434 e. The molecule has 0 aliphatic carbocycles. The minimum absolute atomic E-state index is 0.308. The number of thiazole rings is 1. The van der Waals surface area contributed by atoms with Crippen molar-refractivity contribution in [2.75, 3.05) is 18.0 Å². The van der Waals surface area contributed by atoms with Gasteiger partial charge >= 0.3 is 6.18 Å². The number of pyridine rings is 2. The van der Waals surface area contributed by atoms with E-state index in [0.29, 0.717) is 11.4 Å². The lowest BCUT2D eigenvalue weighted by molar-refractivity contribution is -0.140. The lowest BCUT2D eigenvalue weighted by Gasteiger charge is -2.30. The molecule has 1 unspecified atom stereocenters. The second-order valence-electron chi connectivity index (χ2n) is 7.15. The van der Waals surface area contributed by atoms with Gasteiger partial charge in [0.25, 0.3) is 0 Å². The Balaban J connectivity index is 1.69. The van der Waals surface area contributed by atoms with Gasteiger partial charge in [-0.25, -0.2) is 9.97 Å². The van der Waals surface area contributed by atoms with Crippen LogP contribution in [0.5, 0.6) is 0 Å². The van der Waals surface area contributed by atoms with Crippen LogP contribution >= 0.6 is 11.3 Å². The van der Waals surface area contributed by atoms with Crippen LogP contribution in [0.4, 0.5) is 19.0 Å². The van der Waals surface area contributed by atoms with E-state index in [-0.39, 0.29) is 5.92 Å². The number of rotatable bonds is 5. The highest BCUT2D eigenvalue weighted by Gasteiger charge is 2.35. The highest BCUT2D eigenvalue weighted by atomic mass is 32.1. The Labute approximate surface area is 171 Å². The van der Waals surface area contributed by atoms with Crippen LogP contribution in [0.25, 0.3) is 0 Å². The molecule has 29 heavy (non-hydrogen) atoms. The molecular weight excluding hydrogens is 397 g/mol. The first-order valence-corrected chi connectivity index (χ1v) is 10.5.